The van der Waals surface area contributed by atoms with Crippen LogP contribution in [-0.2, 0) is 0 Å². The number of aliphatic hydroxyl groups excluding tert-OH is 1. The molecule has 1 aliphatic carbocycles. The van der Waals surface area contributed by atoms with Crippen LogP contribution in [0.25, 0.3) is 0 Å². The number of hydrogen-bond acceptors (Lipinski definition) is 1. The van der Waals surface area contributed by atoms with E-state index in [1.54, 1.807) is 0 Å². The summed E-state index contributed by atoms with van der Waals surface area (Å²) in [6.45, 7) is 0. The zero-order valence-electron chi connectivity index (χ0n) is 5.59. The van der Waals surface area contributed by atoms with Crippen molar-refractivity contribution in [3.8, 4) is 0 Å². The molecule has 0 saturated heterocycles. The van der Waals surface area contributed by atoms with Crippen molar-refractivity contribution in [1.29, 1.82) is 0 Å². The Morgan fingerprint density at radius 3 is 2.89 bits per heavy atom. The molecule has 0 bridgehead atoms. The van der Waals surface area contributed by atoms with Gasteiger partial charge >= 0.3 is 0 Å². The molecule has 2 atom stereocenters. The molecular weight excluding hydrogens is 114 g/mol. The highest BCUT2D eigenvalue weighted by molar-refractivity contribution is 4.95. The van der Waals surface area contributed by atoms with Gasteiger partial charge in [-0.15, -0.1) is 0 Å². The van der Waals surface area contributed by atoms with Gasteiger partial charge in [-0.2, -0.15) is 0 Å². The van der Waals surface area contributed by atoms with Crippen molar-refractivity contribution in [1.82, 2.24) is 0 Å². The second-order valence-electron chi connectivity index (χ2n) is 2.64. The molecule has 0 radical (unpaired) electrons. The Hall–Kier alpha value is -0.340. The summed E-state index contributed by atoms with van der Waals surface area (Å²) in [5.41, 5.74) is 3.89. The highest BCUT2D eigenvalue weighted by atomic mass is 16.3. The van der Waals surface area contributed by atoms with Crippen molar-refractivity contribution in [2.75, 3.05) is 0 Å². The van der Waals surface area contributed by atoms with Gasteiger partial charge in [-0.1, -0.05) is 6.08 Å². The molecule has 0 aliphatic heterocycles. The standard InChI is InChI=1S/C7H13NO/c8-6-2-1-3-7(9)5-4-6/h4-7,9H,1-3,8H2/p+1/t6-,7+/m1/s1. The van der Waals surface area contributed by atoms with Gasteiger partial charge in [-0.3, -0.25) is 0 Å². The first-order valence-electron chi connectivity index (χ1n) is 3.48. The quantitative estimate of drug-likeness (QED) is 0.432. The second-order valence-corrected chi connectivity index (χ2v) is 2.64. The smallest absolute Gasteiger partial charge is 0.103 e. The van der Waals surface area contributed by atoms with Gasteiger partial charge in [-0.25, -0.2) is 0 Å². The van der Waals surface area contributed by atoms with Crippen LogP contribution in [-0.4, -0.2) is 17.3 Å². The zero-order chi connectivity index (χ0) is 6.69. The van der Waals surface area contributed by atoms with E-state index in [-0.39, 0.29) is 6.10 Å². The maximum absolute atomic E-state index is 9.09. The fourth-order valence-electron chi connectivity index (χ4n) is 1.07. The van der Waals surface area contributed by atoms with E-state index in [1.807, 2.05) is 12.2 Å². The molecule has 2 heteroatoms. The molecule has 2 nitrogen and oxygen atoms in total. The van der Waals surface area contributed by atoms with Crippen molar-refractivity contribution in [2.24, 2.45) is 0 Å². The van der Waals surface area contributed by atoms with Gasteiger partial charge in [0.05, 0.1) is 6.10 Å². The Morgan fingerprint density at radius 2 is 2.11 bits per heavy atom. The van der Waals surface area contributed by atoms with Crippen LogP contribution in [0, 0.1) is 0 Å². The number of hydrogen-bond donors (Lipinski definition) is 2. The lowest BCUT2D eigenvalue weighted by Gasteiger charge is -1.98. The summed E-state index contributed by atoms with van der Waals surface area (Å²) in [7, 11) is 0. The molecule has 9 heavy (non-hydrogen) atoms. The average Bonchev–Trinajstić information content (AvgIpc) is 1.97. The van der Waals surface area contributed by atoms with Gasteiger partial charge in [-0.05, 0) is 18.9 Å². The van der Waals surface area contributed by atoms with Crippen LogP contribution in [0.2, 0.25) is 0 Å². The summed E-state index contributed by atoms with van der Waals surface area (Å²) < 4.78 is 0. The lowest BCUT2D eigenvalue weighted by molar-refractivity contribution is -0.404. The summed E-state index contributed by atoms with van der Waals surface area (Å²) in [5.74, 6) is 0. The molecule has 0 spiro atoms. The first-order chi connectivity index (χ1) is 4.29. The van der Waals surface area contributed by atoms with Crippen molar-refractivity contribution in [2.45, 2.75) is 31.4 Å². The minimum absolute atomic E-state index is 0.211. The van der Waals surface area contributed by atoms with E-state index in [0.717, 1.165) is 19.3 Å². The second kappa shape index (κ2) is 2.99. The van der Waals surface area contributed by atoms with Crippen LogP contribution in [0.5, 0.6) is 0 Å². The third-order valence-corrected chi connectivity index (χ3v) is 1.68. The molecular formula is C7H14NO+. The number of rotatable bonds is 0. The SMILES string of the molecule is [NH3+][C@H]1C=C[C@@H](O)CCC1. The van der Waals surface area contributed by atoms with E-state index >= 15 is 0 Å². The van der Waals surface area contributed by atoms with Gasteiger partial charge in [0.15, 0.2) is 0 Å². The molecule has 0 unspecified atom stereocenters. The highest BCUT2D eigenvalue weighted by Crippen LogP contribution is 2.08. The molecule has 0 aromatic heterocycles. The van der Waals surface area contributed by atoms with E-state index in [4.69, 9.17) is 5.11 Å². The molecule has 0 heterocycles. The predicted octanol–water partition coefficient (Wildman–Crippen LogP) is -0.302. The fraction of sp³-hybridized carbons (Fsp3) is 0.714. The zero-order valence-corrected chi connectivity index (χ0v) is 5.59. The molecule has 0 aromatic rings. The van der Waals surface area contributed by atoms with E-state index in [1.165, 1.54) is 0 Å². The maximum atomic E-state index is 9.09. The Bertz CT molecular complexity index is 99.5. The third-order valence-electron chi connectivity index (χ3n) is 1.68. The summed E-state index contributed by atoms with van der Waals surface area (Å²) >= 11 is 0. The van der Waals surface area contributed by atoms with E-state index < -0.39 is 0 Å². The van der Waals surface area contributed by atoms with E-state index in [0.29, 0.717) is 6.04 Å². The number of aliphatic hydroxyl groups is 1. The minimum Gasteiger partial charge on any atom is -0.389 e. The van der Waals surface area contributed by atoms with Crippen molar-refractivity contribution in [3.05, 3.63) is 12.2 Å². The Morgan fingerprint density at radius 1 is 1.33 bits per heavy atom. The summed E-state index contributed by atoms with van der Waals surface area (Å²) in [4.78, 5) is 0. The summed E-state index contributed by atoms with van der Waals surface area (Å²) in [6.07, 6.45) is 6.76. The van der Waals surface area contributed by atoms with Gasteiger partial charge in [0.25, 0.3) is 0 Å². The molecule has 0 aromatic carbocycles. The van der Waals surface area contributed by atoms with Crippen LogP contribution in [0.4, 0.5) is 0 Å². The van der Waals surface area contributed by atoms with Crippen molar-refractivity contribution >= 4 is 0 Å². The summed E-state index contributed by atoms with van der Waals surface area (Å²) in [6, 6.07) is 0.419. The first-order valence-corrected chi connectivity index (χ1v) is 3.48. The predicted molar refractivity (Wildman–Crippen MR) is 35.7 cm³/mol. The molecule has 1 aliphatic rings. The third kappa shape index (κ3) is 2.16. The van der Waals surface area contributed by atoms with Gasteiger partial charge in [0.2, 0.25) is 0 Å². The summed E-state index contributed by atoms with van der Waals surface area (Å²) in [5, 5.41) is 9.09. The van der Waals surface area contributed by atoms with Crippen LogP contribution in [0.1, 0.15) is 19.3 Å². The Kier molecular flexibility index (Phi) is 2.25. The average molecular weight is 128 g/mol. The van der Waals surface area contributed by atoms with E-state index in [2.05, 4.69) is 5.73 Å². The van der Waals surface area contributed by atoms with Crippen molar-refractivity contribution in [3.63, 3.8) is 0 Å². The normalized spacial score (nSPS) is 36.2. The highest BCUT2D eigenvalue weighted by Gasteiger charge is 2.08. The lowest BCUT2D eigenvalue weighted by atomic mass is 10.1. The van der Waals surface area contributed by atoms with Crippen LogP contribution in [0.15, 0.2) is 12.2 Å². The van der Waals surface area contributed by atoms with Gasteiger partial charge in [0.1, 0.15) is 6.04 Å². The Labute approximate surface area is 55.4 Å². The topological polar surface area (TPSA) is 47.9 Å². The molecule has 0 amide bonds. The molecule has 52 valence electrons. The Balaban J connectivity index is 2.43. The monoisotopic (exact) mass is 128 g/mol. The largest absolute Gasteiger partial charge is 0.389 e. The number of quaternary nitrogens is 1. The van der Waals surface area contributed by atoms with Gasteiger partial charge in [0, 0.05) is 6.42 Å². The fourth-order valence-corrected chi connectivity index (χ4v) is 1.07. The van der Waals surface area contributed by atoms with Gasteiger partial charge < -0.3 is 10.8 Å². The molecule has 0 fully saturated rings. The van der Waals surface area contributed by atoms with Crippen molar-refractivity contribution < 1.29 is 10.8 Å². The molecule has 1 rings (SSSR count). The molecule has 0 saturated carbocycles. The van der Waals surface area contributed by atoms with E-state index in [9.17, 15) is 0 Å². The van der Waals surface area contributed by atoms with Crippen LogP contribution >= 0.6 is 0 Å². The minimum atomic E-state index is -0.211. The van der Waals surface area contributed by atoms with Crippen LogP contribution in [0.3, 0.4) is 0 Å². The molecule has 4 N–H and O–H groups in total. The lowest BCUT2D eigenvalue weighted by Crippen LogP contribution is -2.59. The van der Waals surface area contributed by atoms with Crippen LogP contribution < -0.4 is 5.73 Å². The maximum Gasteiger partial charge on any atom is 0.103 e. The first kappa shape index (κ1) is 6.78.